The van der Waals surface area contributed by atoms with Gasteiger partial charge < -0.3 is 15.3 Å². The van der Waals surface area contributed by atoms with E-state index >= 15 is 0 Å². The van der Waals surface area contributed by atoms with Crippen molar-refractivity contribution in [2.75, 3.05) is 11.9 Å². The summed E-state index contributed by atoms with van der Waals surface area (Å²) in [6.07, 6.45) is 1.11. The molecule has 0 aliphatic carbocycles. The molecule has 1 aromatic carbocycles. The second kappa shape index (κ2) is 5.55. The van der Waals surface area contributed by atoms with E-state index in [0.29, 0.717) is 30.6 Å². The number of likely N-dealkylation sites (tertiary alicyclic amines) is 1. The first-order chi connectivity index (χ1) is 9.84. The van der Waals surface area contributed by atoms with Crippen LogP contribution in [0, 0.1) is 0 Å². The molecule has 1 fully saturated rings. The van der Waals surface area contributed by atoms with Crippen LogP contribution >= 0.6 is 0 Å². The van der Waals surface area contributed by atoms with Crippen LogP contribution in [-0.4, -0.2) is 39.9 Å². The van der Waals surface area contributed by atoms with E-state index in [2.05, 4.69) is 5.32 Å². The molecule has 112 valence electrons. The molecule has 1 atom stereocenters. The number of anilines is 1. The molecule has 1 saturated heterocycles. The maximum Gasteiger partial charge on any atom is 0.329 e. The number of rotatable bonds is 3. The maximum atomic E-state index is 12.2. The average Bonchev–Trinajstić information content (AvgIpc) is 2.83. The summed E-state index contributed by atoms with van der Waals surface area (Å²) in [6, 6.07) is 6.07. The summed E-state index contributed by atoms with van der Waals surface area (Å²) in [4.78, 5) is 36.1. The minimum absolute atomic E-state index is 0.0501. The van der Waals surface area contributed by atoms with E-state index in [1.165, 1.54) is 11.8 Å². The molecular weight excluding hydrogens is 272 g/mol. The van der Waals surface area contributed by atoms with Crippen LogP contribution in [0.4, 0.5) is 10.5 Å². The molecule has 2 N–H and O–H groups in total. The molecule has 6 heteroatoms. The zero-order valence-corrected chi connectivity index (χ0v) is 12.0. The number of nitrogens with one attached hydrogen (secondary N) is 1. The second-order valence-electron chi connectivity index (χ2n) is 5.40. The van der Waals surface area contributed by atoms with Gasteiger partial charge in [0.05, 0.1) is 0 Å². The van der Waals surface area contributed by atoms with Gasteiger partial charge >= 0.3 is 12.0 Å². The third-order valence-electron chi connectivity index (χ3n) is 3.89. The number of urea groups is 1. The van der Waals surface area contributed by atoms with Crippen molar-refractivity contribution in [1.29, 1.82) is 0 Å². The van der Waals surface area contributed by atoms with Crippen LogP contribution in [0.5, 0.6) is 0 Å². The van der Waals surface area contributed by atoms with Gasteiger partial charge in [-0.25, -0.2) is 9.59 Å². The maximum absolute atomic E-state index is 12.2. The first-order valence-electron chi connectivity index (χ1n) is 6.77. The summed E-state index contributed by atoms with van der Waals surface area (Å²) in [6.45, 7) is 3.44. The highest BCUT2D eigenvalue weighted by molar-refractivity contribution is 5.96. The van der Waals surface area contributed by atoms with E-state index in [4.69, 9.17) is 0 Å². The van der Waals surface area contributed by atoms with Crippen LogP contribution in [0.2, 0.25) is 0 Å². The van der Waals surface area contributed by atoms with Crippen LogP contribution in [0.3, 0.4) is 0 Å². The normalized spacial score (nSPS) is 21.1. The van der Waals surface area contributed by atoms with Crippen molar-refractivity contribution >= 4 is 23.5 Å². The number of ketones is 1. The van der Waals surface area contributed by atoms with Gasteiger partial charge in [-0.3, -0.25) is 4.79 Å². The van der Waals surface area contributed by atoms with Gasteiger partial charge in [-0.1, -0.05) is 0 Å². The number of hydrogen-bond donors (Lipinski definition) is 2. The van der Waals surface area contributed by atoms with Crippen molar-refractivity contribution < 1.29 is 19.5 Å². The first kappa shape index (κ1) is 15.0. The van der Waals surface area contributed by atoms with Gasteiger partial charge in [0.2, 0.25) is 0 Å². The van der Waals surface area contributed by atoms with Crippen LogP contribution in [-0.2, 0) is 4.79 Å². The monoisotopic (exact) mass is 290 g/mol. The van der Waals surface area contributed by atoms with Gasteiger partial charge in [0, 0.05) is 17.8 Å². The Labute approximate surface area is 122 Å². The third-order valence-corrected chi connectivity index (χ3v) is 3.89. The van der Waals surface area contributed by atoms with E-state index in [-0.39, 0.29) is 5.78 Å². The number of carbonyl (C=O) groups is 3. The molecule has 1 heterocycles. The van der Waals surface area contributed by atoms with Gasteiger partial charge in [0.25, 0.3) is 0 Å². The molecule has 0 saturated carbocycles. The number of Topliss-reactive ketones (excluding diaryl/α,β-unsaturated/α-hetero) is 1. The molecule has 0 bridgehead atoms. The Morgan fingerprint density at radius 2 is 1.86 bits per heavy atom. The summed E-state index contributed by atoms with van der Waals surface area (Å²) < 4.78 is 0. The highest BCUT2D eigenvalue weighted by atomic mass is 16.4. The van der Waals surface area contributed by atoms with E-state index < -0.39 is 17.5 Å². The zero-order chi connectivity index (χ0) is 15.6. The molecule has 1 aromatic rings. The predicted molar refractivity (Wildman–Crippen MR) is 77.4 cm³/mol. The zero-order valence-electron chi connectivity index (χ0n) is 12.0. The van der Waals surface area contributed by atoms with Crippen molar-refractivity contribution in [3.05, 3.63) is 29.8 Å². The van der Waals surface area contributed by atoms with E-state index in [0.717, 1.165) is 0 Å². The summed E-state index contributed by atoms with van der Waals surface area (Å²) in [5.41, 5.74) is -0.0714. The number of carbonyl (C=O) groups excluding carboxylic acids is 2. The van der Waals surface area contributed by atoms with E-state index in [9.17, 15) is 19.5 Å². The van der Waals surface area contributed by atoms with Crippen LogP contribution < -0.4 is 5.32 Å². The molecule has 1 aliphatic rings. The lowest BCUT2D eigenvalue weighted by atomic mass is 10.00. The first-order valence-corrected chi connectivity index (χ1v) is 6.77. The molecule has 0 aromatic heterocycles. The summed E-state index contributed by atoms with van der Waals surface area (Å²) in [5.74, 6) is -1.05. The van der Waals surface area contributed by atoms with E-state index in [1.807, 2.05) is 0 Å². The summed E-state index contributed by atoms with van der Waals surface area (Å²) in [7, 11) is 0. The van der Waals surface area contributed by atoms with Crippen molar-refractivity contribution in [2.45, 2.75) is 32.2 Å². The minimum atomic E-state index is -1.16. The van der Waals surface area contributed by atoms with Gasteiger partial charge in [0.15, 0.2) is 5.78 Å². The highest BCUT2D eigenvalue weighted by Gasteiger charge is 2.45. The SMILES string of the molecule is CC(=O)c1ccc(NC(=O)N2CCCC2(C)C(=O)O)cc1. The van der Waals surface area contributed by atoms with Crippen LogP contribution in [0.1, 0.15) is 37.0 Å². The molecule has 21 heavy (non-hydrogen) atoms. The number of aliphatic carboxylic acids is 1. The Morgan fingerprint density at radius 1 is 1.24 bits per heavy atom. The van der Waals surface area contributed by atoms with E-state index in [1.54, 1.807) is 31.2 Å². The molecule has 0 spiro atoms. The predicted octanol–water partition coefficient (Wildman–Crippen LogP) is 2.36. The fourth-order valence-electron chi connectivity index (χ4n) is 2.49. The lowest BCUT2D eigenvalue weighted by Gasteiger charge is -2.31. The number of nitrogens with zero attached hydrogens (tertiary/aromatic N) is 1. The Hall–Kier alpha value is -2.37. The lowest BCUT2D eigenvalue weighted by molar-refractivity contribution is -0.146. The van der Waals surface area contributed by atoms with Gasteiger partial charge in [0.1, 0.15) is 5.54 Å². The van der Waals surface area contributed by atoms with Crippen molar-refractivity contribution in [1.82, 2.24) is 4.90 Å². The van der Waals surface area contributed by atoms with Crippen molar-refractivity contribution in [2.24, 2.45) is 0 Å². The Bertz CT molecular complexity index is 582. The second-order valence-corrected chi connectivity index (χ2v) is 5.40. The van der Waals surface area contributed by atoms with Gasteiger partial charge in [-0.15, -0.1) is 0 Å². The van der Waals surface area contributed by atoms with Crippen molar-refractivity contribution in [3.8, 4) is 0 Å². The van der Waals surface area contributed by atoms with Crippen LogP contribution in [0.25, 0.3) is 0 Å². The molecule has 1 aliphatic heterocycles. The quantitative estimate of drug-likeness (QED) is 0.837. The summed E-state index contributed by atoms with van der Waals surface area (Å²) in [5, 5.41) is 12.0. The minimum Gasteiger partial charge on any atom is -0.480 e. The standard InChI is InChI=1S/C15H18N2O4/c1-10(18)11-4-6-12(7-5-11)16-14(21)17-9-3-8-15(17,2)13(19)20/h4-7H,3,8-9H2,1-2H3,(H,16,21)(H,19,20). The lowest BCUT2D eigenvalue weighted by Crippen LogP contribution is -2.52. The fraction of sp³-hybridized carbons (Fsp3) is 0.400. The number of benzene rings is 1. The fourth-order valence-corrected chi connectivity index (χ4v) is 2.49. The Balaban J connectivity index is 2.11. The Morgan fingerprint density at radius 3 is 2.38 bits per heavy atom. The topological polar surface area (TPSA) is 86.7 Å². The number of hydrogen-bond acceptors (Lipinski definition) is 3. The largest absolute Gasteiger partial charge is 0.480 e. The van der Waals surface area contributed by atoms with Crippen molar-refractivity contribution in [3.63, 3.8) is 0 Å². The van der Waals surface area contributed by atoms with Gasteiger partial charge in [-0.05, 0) is 51.0 Å². The van der Waals surface area contributed by atoms with Crippen LogP contribution in [0.15, 0.2) is 24.3 Å². The number of amides is 2. The average molecular weight is 290 g/mol. The molecule has 2 rings (SSSR count). The Kier molecular flexibility index (Phi) is 3.97. The summed E-state index contributed by atoms with van der Waals surface area (Å²) >= 11 is 0. The smallest absolute Gasteiger partial charge is 0.329 e. The highest BCUT2D eigenvalue weighted by Crippen LogP contribution is 2.29. The third kappa shape index (κ3) is 2.89. The van der Waals surface area contributed by atoms with Gasteiger partial charge in [-0.2, -0.15) is 0 Å². The molecule has 6 nitrogen and oxygen atoms in total. The molecule has 0 radical (unpaired) electrons. The number of carboxylic acids is 1. The molecule has 1 unspecified atom stereocenters. The molecule has 2 amide bonds. The number of carboxylic acid groups (broad SMARTS) is 1. The molecular formula is C15H18N2O4.